The number of fused-ring (bicyclic) bond motifs is 2. The van der Waals surface area contributed by atoms with Gasteiger partial charge in [0.05, 0.1) is 18.9 Å². The van der Waals surface area contributed by atoms with Crippen LogP contribution in [0.4, 0.5) is 11.4 Å². The number of ether oxygens (including phenoxy) is 3. The van der Waals surface area contributed by atoms with Gasteiger partial charge in [-0.2, -0.15) is 0 Å². The standard InChI is InChI=1S/C20H20N2O5/c1-13-20(24)22(15-5-2-3-6-16(15)27-13)12-19(23)21-14-7-8-17-18(11-14)26-10-4-9-25-17/h2-3,5-8,11,13H,4,9-10,12H2,1H3,(H,21,23). The second-order valence-electron chi connectivity index (χ2n) is 6.41. The fraction of sp³-hybridized carbons (Fsp3) is 0.300. The van der Waals surface area contributed by atoms with Crippen LogP contribution in [-0.2, 0) is 9.59 Å². The molecule has 0 aromatic heterocycles. The number of carbonyl (C=O) groups excluding carboxylic acids is 2. The average molecular weight is 368 g/mol. The summed E-state index contributed by atoms with van der Waals surface area (Å²) in [5, 5.41) is 2.82. The van der Waals surface area contributed by atoms with Crippen molar-refractivity contribution in [2.24, 2.45) is 0 Å². The zero-order valence-corrected chi connectivity index (χ0v) is 14.9. The van der Waals surface area contributed by atoms with Crippen LogP contribution < -0.4 is 24.4 Å². The Labute approximate surface area is 156 Å². The molecule has 0 saturated heterocycles. The molecule has 0 fully saturated rings. The van der Waals surface area contributed by atoms with E-state index in [1.165, 1.54) is 4.90 Å². The van der Waals surface area contributed by atoms with Crippen molar-refractivity contribution in [3.05, 3.63) is 42.5 Å². The lowest BCUT2D eigenvalue weighted by Gasteiger charge is -2.32. The summed E-state index contributed by atoms with van der Waals surface area (Å²) in [4.78, 5) is 26.5. The largest absolute Gasteiger partial charge is 0.490 e. The number of rotatable bonds is 3. The van der Waals surface area contributed by atoms with Crippen LogP contribution >= 0.6 is 0 Å². The first-order valence-electron chi connectivity index (χ1n) is 8.88. The van der Waals surface area contributed by atoms with E-state index in [2.05, 4.69) is 5.32 Å². The van der Waals surface area contributed by atoms with Gasteiger partial charge in [-0.15, -0.1) is 0 Å². The monoisotopic (exact) mass is 368 g/mol. The van der Waals surface area contributed by atoms with Crippen LogP contribution in [0.2, 0.25) is 0 Å². The molecule has 7 nitrogen and oxygen atoms in total. The normalized spacial score (nSPS) is 18.2. The van der Waals surface area contributed by atoms with Crippen LogP contribution in [0.1, 0.15) is 13.3 Å². The van der Waals surface area contributed by atoms with E-state index < -0.39 is 6.10 Å². The number of hydrogen-bond acceptors (Lipinski definition) is 5. The second kappa shape index (κ2) is 7.19. The van der Waals surface area contributed by atoms with Gasteiger partial charge in [-0.05, 0) is 31.2 Å². The highest BCUT2D eigenvalue weighted by molar-refractivity contribution is 6.06. The number of nitrogens with one attached hydrogen (secondary N) is 1. The maximum Gasteiger partial charge on any atom is 0.268 e. The Kier molecular flexibility index (Phi) is 4.58. The first-order chi connectivity index (χ1) is 13.1. The SMILES string of the molecule is CC1Oc2ccccc2N(CC(=O)Nc2ccc3c(c2)OCCCO3)C1=O. The third kappa shape index (κ3) is 3.53. The number of amides is 2. The van der Waals surface area contributed by atoms with Crippen molar-refractivity contribution >= 4 is 23.2 Å². The maximum absolute atomic E-state index is 12.6. The molecule has 0 radical (unpaired) electrons. The van der Waals surface area contributed by atoms with E-state index in [-0.39, 0.29) is 18.4 Å². The lowest BCUT2D eigenvalue weighted by atomic mass is 10.2. The van der Waals surface area contributed by atoms with E-state index in [0.29, 0.717) is 41.8 Å². The van der Waals surface area contributed by atoms with Crippen LogP contribution in [0.15, 0.2) is 42.5 Å². The number of benzene rings is 2. The summed E-state index contributed by atoms with van der Waals surface area (Å²) in [7, 11) is 0. The molecule has 2 aromatic rings. The molecule has 2 aliphatic heterocycles. The van der Waals surface area contributed by atoms with Crippen molar-refractivity contribution in [3.63, 3.8) is 0 Å². The molecule has 2 heterocycles. The van der Waals surface area contributed by atoms with Gasteiger partial charge >= 0.3 is 0 Å². The third-order valence-electron chi connectivity index (χ3n) is 4.41. The highest BCUT2D eigenvalue weighted by Crippen LogP contribution is 2.34. The molecular weight excluding hydrogens is 348 g/mol. The molecule has 2 aromatic carbocycles. The second-order valence-corrected chi connectivity index (χ2v) is 6.41. The number of nitrogens with zero attached hydrogens (tertiary/aromatic N) is 1. The summed E-state index contributed by atoms with van der Waals surface area (Å²) in [5.41, 5.74) is 1.18. The zero-order valence-electron chi connectivity index (χ0n) is 14.9. The van der Waals surface area contributed by atoms with E-state index in [4.69, 9.17) is 14.2 Å². The van der Waals surface area contributed by atoms with E-state index in [1.807, 2.05) is 6.07 Å². The van der Waals surface area contributed by atoms with Crippen molar-refractivity contribution in [1.82, 2.24) is 0 Å². The van der Waals surface area contributed by atoms with Crippen molar-refractivity contribution in [1.29, 1.82) is 0 Å². The van der Waals surface area contributed by atoms with Crippen LogP contribution in [0.3, 0.4) is 0 Å². The quantitative estimate of drug-likeness (QED) is 0.901. The Bertz CT molecular complexity index is 882. The van der Waals surface area contributed by atoms with Gasteiger partial charge in [0.25, 0.3) is 5.91 Å². The van der Waals surface area contributed by atoms with E-state index in [9.17, 15) is 9.59 Å². The highest BCUT2D eigenvalue weighted by atomic mass is 16.5. The van der Waals surface area contributed by atoms with E-state index >= 15 is 0 Å². The summed E-state index contributed by atoms with van der Waals surface area (Å²) in [6.45, 7) is 2.75. The number of para-hydroxylation sites is 2. The Morgan fingerprint density at radius 2 is 1.89 bits per heavy atom. The van der Waals surface area contributed by atoms with Gasteiger partial charge in [0.2, 0.25) is 5.91 Å². The molecule has 4 rings (SSSR count). The fourth-order valence-electron chi connectivity index (χ4n) is 3.11. The molecule has 0 aliphatic carbocycles. The molecule has 27 heavy (non-hydrogen) atoms. The summed E-state index contributed by atoms with van der Waals surface area (Å²) in [6.07, 6.45) is 0.179. The molecule has 140 valence electrons. The minimum absolute atomic E-state index is 0.0992. The molecule has 1 atom stereocenters. The van der Waals surface area contributed by atoms with E-state index in [1.54, 1.807) is 43.3 Å². The zero-order chi connectivity index (χ0) is 18.8. The minimum Gasteiger partial charge on any atom is -0.490 e. The van der Waals surface area contributed by atoms with Crippen LogP contribution in [0.25, 0.3) is 0 Å². The summed E-state index contributed by atoms with van der Waals surface area (Å²) < 4.78 is 16.8. The Morgan fingerprint density at radius 3 is 2.74 bits per heavy atom. The molecule has 2 aliphatic rings. The predicted molar refractivity (Wildman–Crippen MR) is 99.6 cm³/mol. The molecule has 0 spiro atoms. The Hall–Kier alpha value is -3.22. The van der Waals surface area contributed by atoms with Gasteiger partial charge in [0, 0.05) is 18.2 Å². The summed E-state index contributed by atoms with van der Waals surface area (Å²) in [6, 6.07) is 12.4. The molecule has 7 heteroatoms. The molecule has 0 saturated carbocycles. The highest BCUT2D eigenvalue weighted by Gasteiger charge is 2.32. The first kappa shape index (κ1) is 17.2. The topological polar surface area (TPSA) is 77.1 Å². The first-order valence-corrected chi connectivity index (χ1v) is 8.88. The van der Waals surface area contributed by atoms with E-state index in [0.717, 1.165) is 6.42 Å². The number of anilines is 2. The van der Waals surface area contributed by atoms with Crippen molar-refractivity contribution in [2.45, 2.75) is 19.4 Å². The van der Waals surface area contributed by atoms with Gasteiger partial charge in [0.1, 0.15) is 12.3 Å². The van der Waals surface area contributed by atoms with Crippen LogP contribution in [-0.4, -0.2) is 37.7 Å². The van der Waals surface area contributed by atoms with Gasteiger partial charge < -0.3 is 19.5 Å². The van der Waals surface area contributed by atoms with Gasteiger partial charge in [0.15, 0.2) is 17.6 Å². The third-order valence-corrected chi connectivity index (χ3v) is 4.41. The van der Waals surface area contributed by atoms with Crippen LogP contribution in [0, 0.1) is 0 Å². The van der Waals surface area contributed by atoms with Gasteiger partial charge in [-0.3, -0.25) is 14.5 Å². The maximum atomic E-state index is 12.6. The lowest BCUT2D eigenvalue weighted by Crippen LogP contribution is -2.47. The Balaban J connectivity index is 1.50. The summed E-state index contributed by atoms with van der Waals surface area (Å²) >= 11 is 0. The number of hydrogen-bond donors (Lipinski definition) is 1. The van der Waals surface area contributed by atoms with Crippen LogP contribution in [0.5, 0.6) is 17.2 Å². The summed E-state index contributed by atoms with van der Waals surface area (Å²) in [5.74, 6) is 1.31. The molecule has 1 N–H and O–H groups in total. The van der Waals surface area contributed by atoms with Crippen molar-refractivity contribution in [3.8, 4) is 17.2 Å². The molecule has 1 unspecified atom stereocenters. The lowest BCUT2D eigenvalue weighted by molar-refractivity contribution is -0.127. The Morgan fingerprint density at radius 1 is 1.11 bits per heavy atom. The minimum atomic E-state index is -0.634. The molecule has 0 bridgehead atoms. The fourth-order valence-corrected chi connectivity index (χ4v) is 3.11. The number of carbonyl (C=O) groups is 2. The van der Waals surface area contributed by atoms with Gasteiger partial charge in [-0.1, -0.05) is 12.1 Å². The average Bonchev–Trinajstić information content (AvgIpc) is 2.90. The van der Waals surface area contributed by atoms with Crippen molar-refractivity contribution < 1.29 is 23.8 Å². The van der Waals surface area contributed by atoms with Crippen molar-refractivity contribution in [2.75, 3.05) is 30.0 Å². The van der Waals surface area contributed by atoms with Gasteiger partial charge in [-0.25, -0.2) is 0 Å². The molecular formula is C20H20N2O5. The smallest absolute Gasteiger partial charge is 0.268 e. The molecule has 2 amide bonds. The predicted octanol–water partition coefficient (Wildman–Crippen LogP) is 2.60.